The molecule has 2 heteroatoms. The van der Waals surface area contributed by atoms with E-state index in [9.17, 15) is 0 Å². The number of hydrogen-bond donors (Lipinski definition) is 0. The zero-order valence-corrected chi connectivity index (χ0v) is 11.4. The zero-order valence-electron chi connectivity index (χ0n) is 11.4. The lowest BCUT2D eigenvalue weighted by molar-refractivity contribution is 0.518. The molecule has 0 amide bonds. The molecule has 1 aromatic heterocycles. The van der Waals surface area contributed by atoms with Crippen LogP contribution in [0.1, 0.15) is 31.1 Å². The summed E-state index contributed by atoms with van der Waals surface area (Å²) in [4.78, 5) is 0. The summed E-state index contributed by atoms with van der Waals surface area (Å²) < 4.78 is 2.15. The van der Waals surface area contributed by atoms with Gasteiger partial charge in [-0.05, 0) is 25.5 Å². The smallest absolute Gasteiger partial charge is 0.0926 e. The Morgan fingerprint density at radius 3 is 2.37 bits per heavy atom. The molecular weight excluding hydrogens is 232 g/mol. The molecule has 2 aromatic carbocycles. The van der Waals surface area contributed by atoms with Crippen LogP contribution in [0.15, 0.2) is 54.6 Å². The van der Waals surface area contributed by atoms with Crippen molar-refractivity contribution in [1.82, 2.24) is 9.78 Å². The fraction of sp³-hybridized carbons (Fsp3) is 0.235. The van der Waals surface area contributed by atoms with Gasteiger partial charge in [0.25, 0.3) is 0 Å². The molecule has 0 fully saturated rings. The number of hydrogen-bond acceptors (Lipinski definition) is 1. The number of fused-ring (bicyclic) bond motifs is 1. The molecule has 3 rings (SSSR count). The summed E-state index contributed by atoms with van der Waals surface area (Å²) in [5.41, 5.74) is 3.72. The normalized spacial score (nSPS) is 11.3. The SMILES string of the molecule is CC(C)n1nc2ccccc2c1Cc1ccccc1. The molecule has 0 N–H and O–H groups in total. The van der Waals surface area contributed by atoms with Crippen LogP contribution in [0.25, 0.3) is 10.9 Å². The van der Waals surface area contributed by atoms with Crippen LogP contribution in [0.5, 0.6) is 0 Å². The predicted octanol–water partition coefficient (Wildman–Crippen LogP) is 4.21. The van der Waals surface area contributed by atoms with Gasteiger partial charge in [-0.2, -0.15) is 5.10 Å². The van der Waals surface area contributed by atoms with E-state index in [0.717, 1.165) is 11.9 Å². The summed E-state index contributed by atoms with van der Waals surface area (Å²) in [6.45, 7) is 4.36. The van der Waals surface area contributed by atoms with E-state index in [1.165, 1.54) is 16.6 Å². The second kappa shape index (κ2) is 4.88. The number of rotatable bonds is 3. The maximum atomic E-state index is 4.73. The Morgan fingerprint density at radius 2 is 1.63 bits per heavy atom. The quantitative estimate of drug-likeness (QED) is 0.681. The van der Waals surface area contributed by atoms with Crippen LogP contribution in [-0.2, 0) is 6.42 Å². The first-order chi connectivity index (χ1) is 9.25. The lowest BCUT2D eigenvalue weighted by atomic mass is 10.1. The second-order valence-corrected chi connectivity index (χ2v) is 5.16. The molecule has 0 aliphatic carbocycles. The van der Waals surface area contributed by atoms with Gasteiger partial charge in [0, 0.05) is 17.8 Å². The Bertz CT molecular complexity index is 681. The molecule has 0 atom stereocenters. The molecule has 0 saturated heterocycles. The molecular formula is C17H18N2. The van der Waals surface area contributed by atoms with Crippen molar-refractivity contribution in [1.29, 1.82) is 0 Å². The van der Waals surface area contributed by atoms with Crippen molar-refractivity contribution in [2.24, 2.45) is 0 Å². The van der Waals surface area contributed by atoms with Crippen LogP contribution in [-0.4, -0.2) is 9.78 Å². The summed E-state index contributed by atoms with van der Waals surface area (Å²) in [5.74, 6) is 0. The fourth-order valence-corrected chi connectivity index (χ4v) is 2.50. The molecule has 1 heterocycles. The highest BCUT2D eigenvalue weighted by molar-refractivity contribution is 5.81. The van der Waals surface area contributed by atoms with E-state index in [2.05, 4.69) is 67.1 Å². The van der Waals surface area contributed by atoms with Gasteiger partial charge in [0.2, 0.25) is 0 Å². The van der Waals surface area contributed by atoms with E-state index in [1.54, 1.807) is 0 Å². The minimum Gasteiger partial charge on any atom is -0.266 e. The van der Waals surface area contributed by atoms with Gasteiger partial charge in [-0.25, -0.2) is 0 Å². The van der Waals surface area contributed by atoms with E-state index < -0.39 is 0 Å². The van der Waals surface area contributed by atoms with Gasteiger partial charge in [-0.3, -0.25) is 4.68 Å². The van der Waals surface area contributed by atoms with Crippen molar-refractivity contribution in [2.45, 2.75) is 26.3 Å². The predicted molar refractivity (Wildman–Crippen MR) is 79.4 cm³/mol. The molecule has 0 bridgehead atoms. The number of nitrogens with zero attached hydrogens (tertiary/aromatic N) is 2. The molecule has 2 nitrogen and oxygen atoms in total. The molecule has 0 unspecified atom stereocenters. The Labute approximate surface area is 113 Å². The lowest BCUT2D eigenvalue weighted by Crippen LogP contribution is -2.08. The molecule has 96 valence electrons. The van der Waals surface area contributed by atoms with Crippen molar-refractivity contribution in [2.75, 3.05) is 0 Å². The highest BCUT2D eigenvalue weighted by Gasteiger charge is 2.13. The van der Waals surface area contributed by atoms with Gasteiger partial charge >= 0.3 is 0 Å². The average molecular weight is 250 g/mol. The molecule has 3 aromatic rings. The van der Waals surface area contributed by atoms with Gasteiger partial charge in [-0.15, -0.1) is 0 Å². The van der Waals surface area contributed by atoms with Gasteiger partial charge in [0.1, 0.15) is 0 Å². The van der Waals surface area contributed by atoms with Crippen molar-refractivity contribution >= 4 is 10.9 Å². The zero-order chi connectivity index (χ0) is 13.2. The topological polar surface area (TPSA) is 17.8 Å². The summed E-state index contributed by atoms with van der Waals surface area (Å²) in [5, 5.41) is 5.99. The second-order valence-electron chi connectivity index (χ2n) is 5.16. The van der Waals surface area contributed by atoms with Crippen LogP contribution in [0.3, 0.4) is 0 Å². The van der Waals surface area contributed by atoms with Gasteiger partial charge in [0.05, 0.1) is 11.2 Å². The van der Waals surface area contributed by atoms with Gasteiger partial charge < -0.3 is 0 Å². The molecule has 0 saturated carbocycles. The minimum absolute atomic E-state index is 0.381. The number of aromatic nitrogens is 2. The Morgan fingerprint density at radius 1 is 0.947 bits per heavy atom. The minimum atomic E-state index is 0.381. The third kappa shape index (κ3) is 2.26. The largest absolute Gasteiger partial charge is 0.266 e. The highest BCUT2D eigenvalue weighted by Crippen LogP contribution is 2.23. The average Bonchev–Trinajstić information content (AvgIpc) is 2.79. The summed E-state index contributed by atoms with van der Waals surface area (Å²) in [6.07, 6.45) is 0.930. The van der Waals surface area contributed by atoms with Crippen molar-refractivity contribution in [3.8, 4) is 0 Å². The van der Waals surface area contributed by atoms with Crippen LogP contribution in [0.4, 0.5) is 0 Å². The molecule has 0 radical (unpaired) electrons. The number of benzene rings is 2. The van der Waals surface area contributed by atoms with Crippen molar-refractivity contribution in [3.05, 3.63) is 65.9 Å². The summed E-state index contributed by atoms with van der Waals surface area (Å²) in [6, 6.07) is 19.4. The first kappa shape index (κ1) is 12.0. The molecule has 0 aliphatic heterocycles. The third-order valence-corrected chi connectivity index (χ3v) is 3.41. The standard InChI is InChI=1S/C17H18N2/c1-13(2)19-17(12-14-8-4-3-5-9-14)15-10-6-7-11-16(15)18-19/h3-11,13H,12H2,1-2H3. The van der Waals surface area contributed by atoms with Crippen LogP contribution in [0, 0.1) is 0 Å². The van der Waals surface area contributed by atoms with Crippen LogP contribution < -0.4 is 0 Å². The first-order valence-corrected chi connectivity index (χ1v) is 6.76. The van der Waals surface area contributed by atoms with E-state index in [4.69, 9.17) is 5.10 Å². The monoisotopic (exact) mass is 250 g/mol. The van der Waals surface area contributed by atoms with Crippen LogP contribution >= 0.6 is 0 Å². The summed E-state index contributed by atoms with van der Waals surface area (Å²) >= 11 is 0. The highest BCUT2D eigenvalue weighted by atomic mass is 15.3. The Hall–Kier alpha value is -2.09. The summed E-state index contributed by atoms with van der Waals surface area (Å²) in [7, 11) is 0. The Kier molecular flexibility index (Phi) is 3.08. The maximum Gasteiger partial charge on any atom is 0.0926 e. The van der Waals surface area contributed by atoms with E-state index in [1.807, 2.05) is 6.07 Å². The molecule has 0 spiro atoms. The Balaban J connectivity index is 2.12. The van der Waals surface area contributed by atoms with Crippen molar-refractivity contribution in [3.63, 3.8) is 0 Å². The van der Waals surface area contributed by atoms with Crippen LogP contribution in [0.2, 0.25) is 0 Å². The van der Waals surface area contributed by atoms with E-state index in [-0.39, 0.29) is 0 Å². The molecule has 0 aliphatic rings. The van der Waals surface area contributed by atoms with Gasteiger partial charge in [0.15, 0.2) is 0 Å². The lowest BCUT2D eigenvalue weighted by Gasteiger charge is -2.11. The van der Waals surface area contributed by atoms with Gasteiger partial charge in [-0.1, -0.05) is 48.5 Å². The molecule has 19 heavy (non-hydrogen) atoms. The third-order valence-electron chi connectivity index (χ3n) is 3.41. The van der Waals surface area contributed by atoms with E-state index >= 15 is 0 Å². The van der Waals surface area contributed by atoms with E-state index in [0.29, 0.717) is 6.04 Å². The maximum absolute atomic E-state index is 4.73. The fourth-order valence-electron chi connectivity index (χ4n) is 2.50. The van der Waals surface area contributed by atoms with Crippen molar-refractivity contribution < 1.29 is 0 Å². The first-order valence-electron chi connectivity index (χ1n) is 6.76.